The van der Waals surface area contributed by atoms with E-state index < -0.39 is 0 Å². The fourth-order valence-corrected chi connectivity index (χ4v) is 5.71. The largest absolute Gasteiger partial charge is 2.00 e. The Morgan fingerprint density at radius 1 is 0.742 bits per heavy atom. The molecular weight excluding hydrogens is 516 g/mol. The molecule has 4 aromatic heterocycles. The number of hydrogen-bond acceptors (Lipinski definition) is 8. The van der Waals surface area contributed by atoms with Gasteiger partial charge in [-0.15, -0.1) is 22.7 Å². The van der Waals surface area contributed by atoms with Gasteiger partial charge in [-0.25, -0.2) is 9.97 Å². The molecule has 4 rings (SSSR count). The summed E-state index contributed by atoms with van der Waals surface area (Å²) >= 11 is 6.43. The summed E-state index contributed by atoms with van der Waals surface area (Å²) in [5.41, 5.74) is 0. The molecule has 0 aromatic carbocycles. The van der Waals surface area contributed by atoms with Crippen LogP contribution in [-0.4, -0.2) is 9.97 Å². The molecule has 0 saturated heterocycles. The minimum absolute atomic E-state index is 0. The Hall–Kier alpha value is -1.36. The molecule has 31 heavy (non-hydrogen) atoms. The first-order valence-electron chi connectivity index (χ1n) is 9.97. The Morgan fingerprint density at radius 2 is 1.52 bits per heavy atom. The molecule has 6 nitrogen and oxygen atoms in total. The van der Waals surface area contributed by atoms with Gasteiger partial charge in [0.25, 0.3) is 0 Å². The Morgan fingerprint density at radius 3 is 2.26 bits per heavy atom. The van der Waals surface area contributed by atoms with Gasteiger partial charge in [0.2, 0.25) is 0 Å². The maximum atomic E-state index is 4.45. The molecule has 0 amide bonds. The summed E-state index contributed by atoms with van der Waals surface area (Å²) in [6.07, 6.45) is 17.2. The second-order valence-electron chi connectivity index (χ2n) is 6.69. The number of aromatic nitrogens is 4. The maximum Gasteiger partial charge on any atom is 2.00 e. The van der Waals surface area contributed by atoms with Crippen LogP contribution in [-0.2, 0) is 29.9 Å². The quantitative estimate of drug-likeness (QED) is 0.194. The van der Waals surface area contributed by atoms with E-state index in [2.05, 4.69) is 29.9 Å². The molecule has 0 spiro atoms. The van der Waals surface area contributed by atoms with Gasteiger partial charge in [-0.2, -0.15) is 22.7 Å². The first-order chi connectivity index (χ1) is 14.8. The van der Waals surface area contributed by atoms with Crippen molar-refractivity contribution in [3.8, 4) is 0 Å². The second kappa shape index (κ2) is 13.2. The van der Waals surface area contributed by atoms with Crippen molar-refractivity contribution in [3.05, 3.63) is 54.9 Å². The van der Waals surface area contributed by atoms with Crippen LogP contribution in [0.15, 0.2) is 45.5 Å². The number of thiazole rings is 4. The SMILES string of the molecule is [Cu+2].c1csc(/N=c2\[n-]cc(CCCCCCCCc3cnc(/N=c4\[n-]ccs4)s3)s2)n1. The number of rotatable bonds is 11. The summed E-state index contributed by atoms with van der Waals surface area (Å²) in [7, 11) is 0. The van der Waals surface area contributed by atoms with Crippen molar-refractivity contribution in [2.75, 3.05) is 0 Å². The summed E-state index contributed by atoms with van der Waals surface area (Å²) in [5.74, 6) is 0. The van der Waals surface area contributed by atoms with E-state index in [4.69, 9.17) is 0 Å². The van der Waals surface area contributed by atoms with Gasteiger partial charge in [0.15, 0.2) is 0 Å². The zero-order chi connectivity index (χ0) is 20.4. The average Bonchev–Trinajstić information content (AvgIpc) is 3.54. The standard InChI is InChI=1S/C20H22N6S4.Cu/c1(3-5-7-15-13-23-19(29-15)25-17-21-9-11-27-17)2-4-6-8-16-14-24-20(30-16)26-18-22-10-12-28-18;/h9-14H,1-8H2;/q-2;+2. The predicted octanol–water partition coefficient (Wildman–Crippen LogP) is 5.23. The van der Waals surface area contributed by atoms with Crippen molar-refractivity contribution in [1.82, 2.24) is 19.9 Å². The third-order valence-electron chi connectivity index (χ3n) is 4.40. The molecule has 0 fully saturated rings. The normalized spacial score (nSPS) is 12.4. The van der Waals surface area contributed by atoms with Crippen molar-refractivity contribution in [2.45, 2.75) is 51.4 Å². The Labute approximate surface area is 207 Å². The van der Waals surface area contributed by atoms with E-state index in [9.17, 15) is 0 Å². The zero-order valence-electron chi connectivity index (χ0n) is 16.7. The molecule has 4 aromatic rings. The van der Waals surface area contributed by atoms with E-state index in [0.717, 1.165) is 32.7 Å². The fourth-order valence-electron chi connectivity index (χ4n) is 2.94. The van der Waals surface area contributed by atoms with E-state index in [-0.39, 0.29) is 17.1 Å². The van der Waals surface area contributed by atoms with Crippen molar-refractivity contribution in [2.24, 2.45) is 9.98 Å². The van der Waals surface area contributed by atoms with Crippen molar-refractivity contribution in [3.63, 3.8) is 0 Å². The second-order valence-corrected chi connectivity index (χ2v) is 10.6. The van der Waals surface area contributed by atoms with E-state index in [1.807, 2.05) is 23.2 Å². The van der Waals surface area contributed by atoms with Gasteiger partial charge in [-0.3, -0.25) is 0 Å². The number of aryl methyl sites for hydroxylation is 2. The maximum absolute atomic E-state index is 4.45. The molecule has 1 radical (unpaired) electrons. The van der Waals surface area contributed by atoms with Crippen LogP contribution >= 0.6 is 45.3 Å². The monoisotopic (exact) mass is 537 g/mol. The van der Waals surface area contributed by atoms with Crippen LogP contribution in [0.3, 0.4) is 0 Å². The van der Waals surface area contributed by atoms with Crippen LogP contribution in [0.1, 0.15) is 48.3 Å². The molecule has 0 atom stereocenters. The first-order valence-corrected chi connectivity index (χ1v) is 13.4. The van der Waals surface area contributed by atoms with Crippen LogP contribution in [0.4, 0.5) is 10.3 Å². The smallest absolute Gasteiger partial charge is 0.433 e. The van der Waals surface area contributed by atoms with Crippen LogP contribution < -0.4 is 19.6 Å². The first kappa shape index (κ1) is 24.3. The molecule has 11 heteroatoms. The fraction of sp³-hybridized carbons (Fsp3) is 0.400. The van der Waals surface area contributed by atoms with Crippen LogP contribution in [0.2, 0.25) is 0 Å². The summed E-state index contributed by atoms with van der Waals surface area (Å²) in [6, 6.07) is 0. The van der Waals surface area contributed by atoms with E-state index in [0.29, 0.717) is 0 Å². The molecule has 0 saturated carbocycles. The van der Waals surface area contributed by atoms with Crippen LogP contribution in [0.5, 0.6) is 0 Å². The molecule has 0 unspecified atom stereocenters. The van der Waals surface area contributed by atoms with Gasteiger partial charge in [-0.1, -0.05) is 38.1 Å². The molecule has 0 aliphatic rings. The van der Waals surface area contributed by atoms with Gasteiger partial charge in [0.1, 0.15) is 10.3 Å². The summed E-state index contributed by atoms with van der Waals surface area (Å²) < 4.78 is 0. The summed E-state index contributed by atoms with van der Waals surface area (Å²) in [4.78, 5) is 30.2. The topological polar surface area (TPSA) is 78.7 Å². The van der Waals surface area contributed by atoms with Gasteiger partial charge < -0.3 is 20.0 Å². The van der Waals surface area contributed by atoms with Gasteiger partial charge in [-0.05, 0) is 35.9 Å². The third-order valence-corrected chi connectivity index (χ3v) is 7.63. The minimum atomic E-state index is 0. The molecule has 0 aliphatic heterocycles. The summed E-state index contributed by atoms with van der Waals surface area (Å²) in [5, 5.41) is 5.45. The van der Waals surface area contributed by atoms with E-state index in [1.54, 1.807) is 35.1 Å². The minimum Gasteiger partial charge on any atom is -0.433 e. The Kier molecular flexibility index (Phi) is 10.4. The van der Waals surface area contributed by atoms with Crippen molar-refractivity contribution < 1.29 is 17.1 Å². The Balaban J connectivity index is 0.00000272. The zero-order valence-corrected chi connectivity index (χ0v) is 20.9. The molecule has 167 valence electrons. The average molecular weight is 538 g/mol. The molecule has 0 aliphatic carbocycles. The Bertz CT molecular complexity index is 1120. The molecule has 0 bridgehead atoms. The third kappa shape index (κ3) is 8.25. The van der Waals surface area contributed by atoms with Crippen LogP contribution in [0.25, 0.3) is 0 Å². The van der Waals surface area contributed by atoms with Crippen LogP contribution in [0, 0.1) is 0 Å². The summed E-state index contributed by atoms with van der Waals surface area (Å²) in [6.45, 7) is 0. The van der Waals surface area contributed by atoms with Crippen molar-refractivity contribution in [1.29, 1.82) is 0 Å². The van der Waals surface area contributed by atoms with Gasteiger partial charge in [0, 0.05) is 32.3 Å². The van der Waals surface area contributed by atoms with E-state index in [1.165, 1.54) is 71.0 Å². The molecule has 4 heterocycles. The molecule has 0 N–H and O–H groups in total. The number of unbranched alkanes of at least 4 members (excludes halogenated alkanes) is 5. The van der Waals surface area contributed by atoms with Gasteiger partial charge >= 0.3 is 17.1 Å². The predicted molar refractivity (Wildman–Crippen MR) is 125 cm³/mol. The number of hydrogen-bond donors (Lipinski definition) is 0. The van der Waals surface area contributed by atoms with E-state index >= 15 is 0 Å². The van der Waals surface area contributed by atoms with Crippen molar-refractivity contribution >= 4 is 55.6 Å². The number of nitrogens with zero attached hydrogens (tertiary/aromatic N) is 6. The molecular formula is C20H22CuN6S4. The van der Waals surface area contributed by atoms with Gasteiger partial charge in [0.05, 0.1) is 0 Å².